The highest BCUT2D eigenvalue weighted by molar-refractivity contribution is 9.10. The molecule has 0 aliphatic carbocycles. The minimum atomic E-state index is -0.184. The minimum absolute atomic E-state index is 0.184. The molecule has 1 atom stereocenters. The van der Waals surface area contributed by atoms with Gasteiger partial charge in [-0.2, -0.15) is 0 Å². The summed E-state index contributed by atoms with van der Waals surface area (Å²) in [6.45, 7) is 0.740. The van der Waals surface area contributed by atoms with Crippen molar-refractivity contribution in [2.45, 2.75) is 18.9 Å². The van der Waals surface area contributed by atoms with Crippen molar-refractivity contribution in [1.82, 2.24) is 4.98 Å². The van der Waals surface area contributed by atoms with Crippen LogP contribution in [0.5, 0.6) is 11.6 Å². The first-order valence-corrected chi connectivity index (χ1v) is 7.67. The summed E-state index contributed by atoms with van der Waals surface area (Å²) < 4.78 is 12.1. The number of nitrogens with two attached hydrogens (primary N) is 1. The summed E-state index contributed by atoms with van der Waals surface area (Å²) in [7, 11) is 1.61. The Hall–Kier alpha value is -1.59. The van der Waals surface area contributed by atoms with Gasteiger partial charge in [0, 0.05) is 28.7 Å². The average molecular weight is 349 g/mol. The van der Waals surface area contributed by atoms with Gasteiger partial charge in [-0.15, -0.1) is 0 Å². The molecule has 110 valence electrons. The van der Waals surface area contributed by atoms with Crippen LogP contribution in [0.4, 0.5) is 0 Å². The maximum atomic E-state index is 6.36. The lowest BCUT2D eigenvalue weighted by Gasteiger charge is -2.16. The molecule has 1 aromatic carbocycles. The van der Waals surface area contributed by atoms with Crippen LogP contribution in [-0.2, 0) is 12.8 Å². The van der Waals surface area contributed by atoms with Gasteiger partial charge in [0.15, 0.2) is 0 Å². The minimum Gasteiger partial charge on any atom is -0.493 e. The first-order chi connectivity index (χ1) is 10.2. The van der Waals surface area contributed by atoms with Gasteiger partial charge in [0.1, 0.15) is 5.75 Å². The van der Waals surface area contributed by atoms with E-state index in [1.807, 2.05) is 12.1 Å². The molecule has 0 radical (unpaired) electrons. The fourth-order valence-electron chi connectivity index (χ4n) is 2.70. The van der Waals surface area contributed by atoms with E-state index in [2.05, 4.69) is 33.0 Å². The molecule has 1 aliphatic rings. The van der Waals surface area contributed by atoms with Crippen molar-refractivity contribution in [1.29, 1.82) is 0 Å². The van der Waals surface area contributed by atoms with Gasteiger partial charge in [0.25, 0.3) is 0 Å². The van der Waals surface area contributed by atoms with Crippen molar-refractivity contribution in [3.63, 3.8) is 0 Å². The molecule has 0 saturated carbocycles. The van der Waals surface area contributed by atoms with Gasteiger partial charge >= 0.3 is 0 Å². The molecule has 2 aromatic rings. The van der Waals surface area contributed by atoms with Crippen molar-refractivity contribution >= 4 is 15.9 Å². The van der Waals surface area contributed by atoms with Gasteiger partial charge in [0.05, 0.1) is 13.7 Å². The van der Waals surface area contributed by atoms with Crippen LogP contribution in [0.3, 0.4) is 0 Å². The number of pyridine rings is 1. The number of hydrogen-bond acceptors (Lipinski definition) is 4. The van der Waals surface area contributed by atoms with E-state index >= 15 is 0 Å². The first kappa shape index (κ1) is 14.4. The number of fused-ring (bicyclic) bond motifs is 1. The number of methoxy groups -OCH3 is 1. The summed E-state index contributed by atoms with van der Waals surface area (Å²) in [6.07, 6.45) is 3.34. The highest BCUT2D eigenvalue weighted by atomic mass is 79.9. The molecule has 0 saturated heterocycles. The van der Waals surface area contributed by atoms with Crippen molar-refractivity contribution in [3.05, 3.63) is 51.6 Å². The highest BCUT2D eigenvalue weighted by Crippen LogP contribution is 2.35. The van der Waals surface area contributed by atoms with Gasteiger partial charge in [-0.3, -0.25) is 0 Å². The molecule has 1 aliphatic heterocycles. The Morgan fingerprint density at radius 3 is 3.14 bits per heavy atom. The summed E-state index contributed by atoms with van der Waals surface area (Å²) >= 11 is 3.56. The predicted molar refractivity (Wildman–Crippen MR) is 84.8 cm³/mol. The summed E-state index contributed by atoms with van der Waals surface area (Å²) in [4.78, 5) is 4.21. The summed E-state index contributed by atoms with van der Waals surface area (Å²) in [5, 5.41) is 0. The third kappa shape index (κ3) is 2.89. The number of aromatic nitrogens is 1. The van der Waals surface area contributed by atoms with E-state index in [0.717, 1.165) is 34.4 Å². The topological polar surface area (TPSA) is 57.4 Å². The molecular formula is C16H17BrN2O2. The van der Waals surface area contributed by atoms with E-state index in [9.17, 15) is 0 Å². The molecule has 4 nitrogen and oxygen atoms in total. The van der Waals surface area contributed by atoms with E-state index in [1.54, 1.807) is 13.3 Å². The quantitative estimate of drug-likeness (QED) is 0.922. The van der Waals surface area contributed by atoms with Gasteiger partial charge in [-0.25, -0.2) is 4.98 Å². The molecule has 1 unspecified atom stereocenters. The fourth-order valence-corrected chi connectivity index (χ4v) is 3.25. The number of ether oxygens (including phenoxy) is 2. The van der Waals surface area contributed by atoms with E-state index in [1.165, 1.54) is 5.56 Å². The maximum Gasteiger partial charge on any atom is 0.217 e. The lowest BCUT2D eigenvalue weighted by Crippen LogP contribution is -2.15. The van der Waals surface area contributed by atoms with E-state index < -0.39 is 0 Å². The van der Waals surface area contributed by atoms with Crippen LogP contribution in [0.2, 0.25) is 0 Å². The summed E-state index contributed by atoms with van der Waals surface area (Å²) in [6, 6.07) is 7.83. The van der Waals surface area contributed by atoms with Crippen molar-refractivity contribution in [2.75, 3.05) is 13.7 Å². The van der Waals surface area contributed by atoms with Gasteiger partial charge in [-0.05, 0) is 35.7 Å². The van der Waals surface area contributed by atoms with Crippen molar-refractivity contribution in [3.8, 4) is 11.6 Å². The van der Waals surface area contributed by atoms with Crippen LogP contribution < -0.4 is 15.2 Å². The predicted octanol–water partition coefficient (Wildman–Crippen LogP) is 3.03. The Labute approximate surface area is 132 Å². The van der Waals surface area contributed by atoms with Crippen LogP contribution in [0.25, 0.3) is 0 Å². The van der Waals surface area contributed by atoms with E-state index in [-0.39, 0.29) is 6.04 Å². The zero-order chi connectivity index (χ0) is 14.8. The molecule has 0 bridgehead atoms. The van der Waals surface area contributed by atoms with Gasteiger partial charge < -0.3 is 15.2 Å². The number of hydrogen-bond donors (Lipinski definition) is 1. The highest BCUT2D eigenvalue weighted by Gasteiger charge is 2.21. The SMILES string of the molecule is COc1ncccc1C(N)Cc1cc(Br)cc2c1OCC2. The summed E-state index contributed by atoms with van der Waals surface area (Å²) in [5.74, 6) is 1.56. The Kier molecular flexibility index (Phi) is 4.12. The molecule has 3 rings (SSSR count). The standard InChI is InChI=1S/C16H17BrN2O2/c1-20-16-13(3-2-5-19-16)14(18)9-11-8-12(17)7-10-4-6-21-15(10)11/h2-3,5,7-8,14H,4,6,9,18H2,1H3. The average Bonchev–Trinajstić information content (AvgIpc) is 2.95. The number of benzene rings is 1. The van der Waals surface area contributed by atoms with Crippen LogP contribution in [0.1, 0.15) is 22.7 Å². The molecule has 0 fully saturated rings. The lowest BCUT2D eigenvalue weighted by atomic mass is 9.98. The van der Waals surface area contributed by atoms with E-state index in [4.69, 9.17) is 15.2 Å². The van der Waals surface area contributed by atoms with E-state index in [0.29, 0.717) is 12.3 Å². The van der Waals surface area contributed by atoms with Crippen LogP contribution in [-0.4, -0.2) is 18.7 Å². The van der Waals surface area contributed by atoms with Gasteiger partial charge in [-0.1, -0.05) is 22.0 Å². The Morgan fingerprint density at radius 2 is 2.33 bits per heavy atom. The smallest absolute Gasteiger partial charge is 0.217 e. The molecule has 2 heterocycles. The Balaban J connectivity index is 1.90. The van der Waals surface area contributed by atoms with Crippen molar-refractivity contribution in [2.24, 2.45) is 5.73 Å². The Bertz CT molecular complexity index is 661. The number of halogens is 1. The monoisotopic (exact) mass is 348 g/mol. The maximum absolute atomic E-state index is 6.36. The summed E-state index contributed by atoms with van der Waals surface area (Å²) in [5.41, 5.74) is 9.63. The third-order valence-corrected chi connectivity index (χ3v) is 4.12. The zero-order valence-electron chi connectivity index (χ0n) is 11.8. The molecular weight excluding hydrogens is 332 g/mol. The number of nitrogens with zero attached hydrogens (tertiary/aromatic N) is 1. The molecule has 0 amide bonds. The molecule has 0 spiro atoms. The van der Waals surface area contributed by atoms with Gasteiger partial charge in [0.2, 0.25) is 5.88 Å². The number of rotatable bonds is 4. The van der Waals surface area contributed by atoms with Crippen LogP contribution in [0, 0.1) is 0 Å². The second-order valence-electron chi connectivity index (χ2n) is 5.06. The lowest BCUT2D eigenvalue weighted by molar-refractivity contribution is 0.352. The van der Waals surface area contributed by atoms with Crippen LogP contribution in [0.15, 0.2) is 34.9 Å². The first-order valence-electron chi connectivity index (χ1n) is 6.87. The normalized spacial score (nSPS) is 14.4. The molecule has 2 N–H and O–H groups in total. The second kappa shape index (κ2) is 6.03. The van der Waals surface area contributed by atoms with Crippen molar-refractivity contribution < 1.29 is 9.47 Å². The molecule has 1 aromatic heterocycles. The second-order valence-corrected chi connectivity index (χ2v) is 5.98. The fraction of sp³-hybridized carbons (Fsp3) is 0.312. The third-order valence-electron chi connectivity index (χ3n) is 3.66. The van der Waals surface area contributed by atoms with Crippen LogP contribution >= 0.6 is 15.9 Å². The molecule has 21 heavy (non-hydrogen) atoms. The Morgan fingerprint density at radius 1 is 1.48 bits per heavy atom. The molecule has 5 heteroatoms. The largest absolute Gasteiger partial charge is 0.493 e. The zero-order valence-corrected chi connectivity index (χ0v) is 13.4.